The second kappa shape index (κ2) is 8.84. The van der Waals surface area contributed by atoms with Crippen LogP contribution in [0.5, 0.6) is 0 Å². The van der Waals surface area contributed by atoms with Gasteiger partial charge >= 0.3 is 0 Å². The lowest BCUT2D eigenvalue weighted by atomic mass is 10.0. The summed E-state index contributed by atoms with van der Waals surface area (Å²) in [7, 11) is 0. The SMILES string of the molecule is O=C(C(c1ccc(Br)cc1)N1CCCC1)N1CCN(c2ncnc3n[nH]c(Br)c23)CC1. The average Bonchev–Trinajstić information content (AvgIpc) is 3.46. The number of likely N-dealkylation sites (tertiary alicyclic amines) is 1. The van der Waals surface area contributed by atoms with Gasteiger partial charge in [0.05, 0.1) is 5.39 Å². The third kappa shape index (κ3) is 4.08. The van der Waals surface area contributed by atoms with Crippen LogP contribution < -0.4 is 4.90 Å². The van der Waals surface area contributed by atoms with Crippen LogP contribution in [0.15, 0.2) is 39.7 Å². The van der Waals surface area contributed by atoms with Gasteiger partial charge in [0.15, 0.2) is 5.65 Å². The molecule has 0 bridgehead atoms. The van der Waals surface area contributed by atoms with Gasteiger partial charge in [0.1, 0.15) is 22.8 Å². The molecule has 1 amide bonds. The van der Waals surface area contributed by atoms with Gasteiger partial charge in [0.25, 0.3) is 0 Å². The van der Waals surface area contributed by atoms with Crippen LogP contribution in [0.25, 0.3) is 11.0 Å². The molecule has 2 aliphatic heterocycles. The summed E-state index contributed by atoms with van der Waals surface area (Å²) in [4.78, 5) is 28.9. The molecule has 31 heavy (non-hydrogen) atoms. The second-order valence-electron chi connectivity index (χ2n) is 7.94. The van der Waals surface area contributed by atoms with Crippen LogP contribution in [0.2, 0.25) is 0 Å². The molecular formula is C21H23Br2N7O. The Labute approximate surface area is 197 Å². The predicted octanol–water partition coefficient (Wildman–Crippen LogP) is 3.36. The van der Waals surface area contributed by atoms with Crippen molar-refractivity contribution in [3.63, 3.8) is 0 Å². The molecule has 2 fully saturated rings. The number of benzene rings is 1. The Kier molecular flexibility index (Phi) is 5.94. The number of carbonyl (C=O) groups excluding carboxylic acids is 1. The first-order chi connectivity index (χ1) is 15.1. The monoisotopic (exact) mass is 547 g/mol. The molecule has 1 aromatic carbocycles. The molecule has 10 heteroatoms. The summed E-state index contributed by atoms with van der Waals surface area (Å²) in [6.45, 7) is 4.73. The lowest BCUT2D eigenvalue weighted by Crippen LogP contribution is -2.52. The Morgan fingerprint density at radius 2 is 1.68 bits per heavy atom. The number of aromatic amines is 1. The largest absolute Gasteiger partial charge is 0.352 e. The molecule has 2 saturated heterocycles. The molecule has 0 radical (unpaired) electrons. The van der Waals surface area contributed by atoms with Crippen molar-refractivity contribution in [3.05, 3.63) is 45.2 Å². The van der Waals surface area contributed by atoms with Crippen molar-refractivity contribution in [2.75, 3.05) is 44.2 Å². The number of piperazine rings is 1. The van der Waals surface area contributed by atoms with E-state index in [0.29, 0.717) is 18.7 Å². The molecule has 0 aliphatic carbocycles. The number of H-pyrrole nitrogens is 1. The molecule has 1 atom stereocenters. The van der Waals surface area contributed by atoms with Crippen molar-refractivity contribution in [3.8, 4) is 0 Å². The minimum Gasteiger partial charge on any atom is -0.352 e. The molecule has 0 saturated carbocycles. The number of carbonyl (C=O) groups is 1. The van der Waals surface area contributed by atoms with Crippen molar-refractivity contribution in [2.45, 2.75) is 18.9 Å². The smallest absolute Gasteiger partial charge is 0.244 e. The van der Waals surface area contributed by atoms with Crippen LogP contribution in [-0.2, 0) is 4.79 Å². The van der Waals surface area contributed by atoms with Crippen LogP contribution in [-0.4, -0.2) is 75.1 Å². The van der Waals surface area contributed by atoms with Crippen molar-refractivity contribution < 1.29 is 4.79 Å². The standard InChI is InChI=1S/C21H23Br2N7O/c22-15-5-3-14(4-6-15)17(28-7-1-2-8-28)21(31)30-11-9-29(10-12-30)20-16-18(23)26-27-19(16)24-13-25-20/h3-6,13,17H,1-2,7-12H2,(H,24,25,26,27). The van der Waals surface area contributed by atoms with E-state index in [0.717, 1.165) is 64.9 Å². The zero-order chi connectivity index (χ0) is 21.4. The maximum atomic E-state index is 13.6. The van der Waals surface area contributed by atoms with Crippen LogP contribution in [0.4, 0.5) is 5.82 Å². The van der Waals surface area contributed by atoms with Crippen LogP contribution in [0, 0.1) is 0 Å². The van der Waals surface area contributed by atoms with Gasteiger partial charge in [-0.15, -0.1) is 0 Å². The lowest BCUT2D eigenvalue weighted by Gasteiger charge is -2.39. The summed E-state index contributed by atoms with van der Waals surface area (Å²) in [6, 6.07) is 7.96. The van der Waals surface area contributed by atoms with E-state index in [9.17, 15) is 4.79 Å². The summed E-state index contributed by atoms with van der Waals surface area (Å²) in [5, 5.41) is 8.00. The number of nitrogens with zero attached hydrogens (tertiary/aromatic N) is 6. The van der Waals surface area contributed by atoms with E-state index in [4.69, 9.17) is 0 Å². The molecule has 8 nitrogen and oxygen atoms in total. The molecule has 1 unspecified atom stereocenters. The van der Waals surface area contributed by atoms with E-state index in [-0.39, 0.29) is 11.9 Å². The zero-order valence-electron chi connectivity index (χ0n) is 17.0. The van der Waals surface area contributed by atoms with Gasteiger partial charge in [0.2, 0.25) is 5.91 Å². The van der Waals surface area contributed by atoms with E-state index < -0.39 is 0 Å². The highest BCUT2D eigenvalue weighted by Gasteiger charge is 2.34. The fraction of sp³-hybridized carbons (Fsp3) is 0.429. The topological polar surface area (TPSA) is 81.2 Å². The van der Waals surface area contributed by atoms with Crippen molar-refractivity contribution >= 4 is 54.6 Å². The number of rotatable bonds is 4. The summed E-state index contributed by atoms with van der Waals surface area (Å²) in [5.74, 6) is 1.04. The number of fused-ring (bicyclic) bond motifs is 1. The maximum Gasteiger partial charge on any atom is 0.244 e. The number of nitrogens with one attached hydrogen (secondary N) is 1. The highest BCUT2D eigenvalue weighted by molar-refractivity contribution is 9.10. The molecular weight excluding hydrogens is 526 g/mol. The fourth-order valence-corrected chi connectivity index (χ4v) is 5.22. The van der Waals surface area contributed by atoms with Gasteiger partial charge in [-0.05, 0) is 59.6 Å². The molecule has 5 rings (SSSR count). The molecule has 2 aliphatic rings. The van der Waals surface area contributed by atoms with Gasteiger partial charge in [-0.25, -0.2) is 9.97 Å². The highest BCUT2D eigenvalue weighted by Crippen LogP contribution is 2.31. The summed E-state index contributed by atoms with van der Waals surface area (Å²) >= 11 is 7.01. The summed E-state index contributed by atoms with van der Waals surface area (Å²) < 4.78 is 1.81. The highest BCUT2D eigenvalue weighted by atomic mass is 79.9. The van der Waals surface area contributed by atoms with Gasteiger partial charge < -0.3 is 9.80 Å². The van der Waals surface area contributed by atoms with Crippen LogP contribution in [0.3, 0.4) is 0 Å². The van der Waals surface area contributed by atoms with Gasteiger partial charge in [0, 0.05) is 30.7 Å². The lowest BCUT2D eigenvalue weighted by molar-refractivity contribution is -0.137. The molecule has 162 valence electrons. The predicted molar refractivity (Wildman–Crippen MR) is 126 cm³/mol. The summed E-state index contributed by atoms with van der Waals surface area (Å²) in [6.07, 6.45) is 3.84. The van der Waals surface area contributed by atoms with E-state index in [1.807, 2.05) is 17.0 Å². The maximum absolute atomic E-state index is 13.6. The first kappa shape index (κ1) is 20.8. The van der Waals surface area contributed by atoms with Crippen molar-refractivity contribution in [1.29, 1.82) is 0 Å². The number of hydrogen-bond acceptors (Lipinski definition) is 6. The van der Waals surface area contributed by atoms with Gasteiger partial charge in [-0.2, -0.15) is 5.10 Å². The van der Waals surface area contributed by atoms with E-state index in [2.05, 4.69) is 74.0 Å². The number of anilines is 1. The Hall–Kier alpha value is -2.04. The van der Waals surface area contributed by atoms with E-state index in [1.54, 1.807) is 6.33 Å². The number of aromatic nitrogens is 4. The van der Waals surface area contributed by atoms with Gasteiger partial charge in [-0.3, -0.25) is 14.8 Å². The van der Waals surface area contributed by atoms with Crippen molar-refractivity contribution in [2.24, 2.45) is 0 Å². The zero-order valence-corrected chi connectivity index (χ0v) is 20.1. The van der Waals surface area contributed by atoms with Gasteiger partial charge in [-0.1, -0.05) is 28.1 Å². The Morgan fingerprint density at radius 3 is 2.39 bits per heavy atom. The minimum atomic E-state index is -0.212. The molecule has 2 aromatic heterocycles. The van der Waals surface area contributed by atoms with Crippen LogP contribution in [0.1, 0.15) is 24.4 Å². The Balaban J connectivity index is 1.34. The Morgan fingerprint density at radius 1 is 0.968 bits per heavy atom. The first-order valence-electron chi connectivity index (χ1n) is 10.5. The average molecular weight is 549 g/mol. The number of amides is 1. The number of halogens is 2. The summed E-state index contributed by atoms with van der Waals surface area (Å²) in [5.41, 5.74) is 1.71. The minimum absolute atomic E-state index is 0.196. The number of hydrogen-bond donors (Lipinski definition) is 1. The molecule has 0 spiro atoms. The van der Waals surface area contributed by atoms with Crippen molar-refractivity contribution in [1.82, 2.24) is 30.0 Å². The van der Waals surface area contributed by atoms with E-state index >= 15 is 0 Å². The quantitative estimate of drug-likeness (QED) is 0.538. The normalized spacial score (nSPS) is 18.6. The van der Waals surface area contributed by atoms with Crippen LogP contribution >= 0.6 is 31.9 Å². The third-order valence-corrected chi connectivity index (χ3v) is 7.21. The molecule has 1 N–H and O–H groups in total. The fourth-order valence-electron chi connectivity index (χ4n) is 4.51. The first-order valence-corrected chi connectivity index (χ1v) is 12.1. The second-order valence-corrected chi connectivity index (χ2v) is 9.65. The Bertz CT molecular complexity index is 1070. The molecule has 4 heterocycles. The van der Waals surface area contributed by atoms with E-state index in [1.165, 1.54) is 0 Å². The third-order valence-electron chi connectivity index (χ3n) is 6.10. The molecule has 3 aromatic rings.